The van der Waals surface area contributed by atoms with Crippen LogP contribution in [-0.4, -0.2) is 33.5 Å². The van der Waals surface area contributed by atoms with E-state index in [9.17, 15) is 20.1 Å². The highest BCUT2D eigenvalue weighted by Gasteiger charge is 2.67. The van der Waals surface area contributed by atoms with Crippen molar-refractivity contribution in [1.29, 1.82) is 0 Å². The highest BCUT2D eigenvalue weighted by Crippen LogP contribution is 2.72. The summed E-state index contributed by atoms with van der Waals surface area (Å²) in [6, 6.07) is 0. The molecule has 0 aliphatic heterocycles. The Labute approximate surface area is 176 Å². The lowest BCUT2D eigenvalue weighted by Crippen LogP contribution is -2.60. The number of carbonyl (C=O) groups is 1. The lowest BCUT2D eigenvalue weighted by atomic mass is 9.42. The molecule has 0 amide bonds. The molecule has 29 heavy (non-hydrogen) atoms. The zero-order chi connectivity index (χ0) is 21.2. The Balaban J connectivity index is 1.61. The van der Waals surface area contributed by atoms with Gasteiger partial charge in [0.2, 0.25) is 0 Å². The third-order valence-electron chi connectivity index (χ3n) is 11.3. The fourth-order valence-electron chi connectivity index (χ4n) is 9.00. The van der Waals surface area contributed by atoms with E-state index in [1.165, 1.54) is 19.3 Å². The van der Waals surface area contributed by atoms with E-state index < -0.39 is 5.97 Å². The van der Waals surface area contributed by atoms with E-state index in [-0.39, 0.29) is 34.9 Å². The molecule has 0 aromatic heterocycles. The summed E-state index contributed by atoms with van der Waals surface area (Å²) in [5, 5.41) is 31.0. The first kappa shape index (κ1) is 21.6. The average molecular weight is 407 g/mol. The normalized spacial score (nSPS) is 52.9. The molecule has 4 saturated carbocycles. The average Bonchev–Trinajstić information content (AvgIpc) is 2.95. The van der Waals surface area contributed by atoms with Crippen LogP contribution in [0.15, 0.2) is 0 Å². The summed E-state index contributed by atoms with van der Waals surface area (Å²) in [5.74, 6) is 1.98. The molecule has 0 aromatic rings. The van der Waals surface area contributed by atoms with Gasteiger partial charge < -0.3 is 15.3 Å². The van der Waals surface area contributed by atoms with Crippen molar-refractivity contribution < 1.29 is 20.1 Å². The third-order valence-corrected chi connectivity index (χ3v) is 11.3. The first-order valence-electron chi connectivity index (χ1n) is 12.1. The molecule has 4 heteroatoms. The minimum atomic E-state index is -0.713. The van der Waals surface area contributed by atoms with Crippen LogP contribution in [0.3, 0.4) is 0 Å². The van der Waals surface area contributed by atoms with Gasteiger partial charge in [0.1, 0.15) is 0 Å². The Morgan fingerprint density at radius 2 is 1.72 bits per heavy atom. The quantitative estimate of drug-likeness (QED) is 0.622. The smallest absolute Gasteiger partial charge is 0.303 e. The monoisotopic (exact) mass is 406 g/mol. The van der Waals surface area contributed by atoms with Crippen LogP contribution in [0.25, 0.3) is 0 Å². The summed E-state index contributed by atoms with van der Waals surface area (Å²) < 4.78 is 0. The van der Waals surface area contributed by atoms with Crippen molar-refractivity contribution in [2.45, 2.75) is 104 Å². The van der Waals surface area contributed by atoms with E-state index in [2.05, 4.69) is 27.7 Å². The summed E-state index contributed by atoms with van der Waals surface area (Å²) >= 11 is 0. The van der Waals surface area contributed by atoms with Crippen LogP contribution in [0.5, 0.6) is 0 Å². The molecule has 4 fully saturated rings. The Bertz CT molecular complexity index is 649. The number of hydrogen-bond acceptors (Lipinski definition) is 3. The van der Waals surface area contributed by atoms with E-state index in [0.29, 0.717) is 36.0 Å². The number of aliphatic hydroxyl groups excluding tert-OH is 2. The van der Waals surface area contributed by atoms with Gasteiger partial charge in [0.25, 0.3) is 0 Å². The molecule has 0 heterocycles. The van der Waals surface area contributed by atoms with Crippen molar-refractivity contribution in [3.63, 3.8) is 0 Å². The Morgan fingerprint density at radius 3 is 2.41 bits per heavy atom. The van der Waals surface area contributed by atoms with Gasteiger partial charge in [-0.05, 0) is 98.2 Å². The van der Waals surface area contributed by atoms with Gasteiger partial charge in [0, 0.05) is 11.8 Å². The van der Waals surface area contributed by atoms with Crippen LogP contribution in [0, 0.1) is 45.8 Å². The van der Waals surface area contributed by atoms with E-state index in [1.807, 2.05) is 0 Å². The Hall–Kier alpha value is -0.610. The molecule has 0 spiro atoms. The summed E-state index contributed by atoms with van der Waals surface area (Å²) in [6.07, 6.45) is 9.08. The standard InChI is InChI=1S/C25H42O4/c1-15(5-8-22(28)29)24(3)12-10-19-18-7-6-16-13-17(26)9-11-23(16,2)20(18)14-21(27)25(19,24)4/h15-21,26-27H,5-14H2,1-4H3,(H,28,29)/t15-,16-,17-,18+,19+,20+,21+,23+,24-,25-/m1/s1. The molecule has 0 unspecified atom stereocenters. The number of hydrogen-bond donors (Lipinski definition) is 3. The SMILES string of the molecule is C[C@H](CCC(=O)O)[C@@]1(C)CC[C@H]2[C@@H]3CC[C@@H]4C[C@H](O)CC[C@]4(C)[C@H]3C[C@H](O)[C@@]21C. The first-order chi connectivity index (χ1) is 13.5. The van der Waals surface area contributed by atoms with E-state index >= 15 is 0 Å². The van der Waals surface area contributed by atoms with E-state index in [0.717, 1.165) is 32.1 Å². The molecule has 3 N–H and O–H groups in total. The molecule has 0 bridgehead atoms. The van der Waals surface area contributed by atoms with Gasteiger partial charge in [-0.15, -0.1) is 0 Å². The molecule has 4 nitrogen and oxygen atoms in total. The lowest BCUT2D eigenvalue weighted by molar-refractivity contribution is -0.193. The van der Waals surface area contributed by atoms with Crippen molar-refractivity contribution in [3.8, 4) is 0 Å². The minimum absolute atomic E-state index is 0.00197. The van der Waals surface area contributed by atoms with Gasteiger partial charge in [0.05, 0.1) is 12.2 Å². The van der Waals surface area contributed by atoms with Gasteiger partial charge in [0.15, 0.2) is 0 Å². The molecule has 4 aliphatic carbocycles. The number of aliphatic hydroxyl groups is 2. The zero-order valence-corrected chi connectivity index (χ0v) is 18.9. The molecule has 166 valence electrons. The molecule has 4 rings (SSSR count). The number of carboxylic acid groups (broad SMARTS) is 1. The van der Waals surface area contributed by atoms with Crippen LogP contribution in [-0.2, 0) is 4.79 Å². The third kappa shape index (κ3) is 3.03. The van der Waals surface area contributed by atoms with Crippen molar-refractivity contribution in [1.82, 2.24) is 0 Å². The lowest BCUT2D eigenvalue weighted by Gasteiger charge is -2.64. The summed E-state index contributed by atoms with van der Waals surface area (Å²) in [6.45, 7) is 9.35. The number of aliphatic carboxylic acids is 1. The zero-order valence-electron chi connectivity index (χ0n) is 18.9. The maximum absolute atomic E-state index is 11.6. The van der Waals surface area contributed by atoms with Crippen molar-refractivity contribution in [3.05, 3.63) is 0 Å². The fourth-order valence-corrected chi connectivity index (χ4v) is 9.00. The number of rotatable bonds is 4. The summed E-state index contributed by atoms with van der Waals surface area (Å²) in [5.41, 5.74) is 0.139. The second-order valence-corrected chi connectivity index (χ2v) is 11.9. The van der Waals surface area contributed by atoms with Gasteiger partial charge in [-0.3, -0.25) is 4.79 Å². The molecular formula is C25H42O4. The maximum atomic E-state index is 11.6. The van der Waals surface area contributed by atoms with Crippen molar-refractivity contribution in [2.75, 3.05) is 0 Å². The second-order valence-electron chi connectivity index (χ2n) is 11.9. The summed E-state index contributed by atoms with van der Waals surface area (Å²) in [4.78, 5) is 11.2. The highest BCUT2D eigenvalue weighted by molar-refractivity contribution is 5.66. The predicted octanol–water partition coefficient (Wildman–Crippen LogP) is 4.87. The predicted molar refractivity (Wildman–Crippen MR) is 113 cm³/mol. The molecule has 0 aromatic carbocycles. The topological polar surface area (TPSA) is 77.8 Å². The van der Waals surface area contributed by atoms with Crippen LogP contribution in [0.2, 0.25) is 0 Å². The fraction of sp³-hybridized carbons (Fsp3) is 0.960. The molecule has 0 radical (unpaired) electrons. The van der Waals surface area contributed by atoms with Gasteiger partial charge in [-0.25, -0.2) is 0 Å². The van der Waals surface area contributed by atoms with Crippen LogP contribution in [0.1, 0.15) is 91.9 Å². The molecule has 4 aliphatic rings. The molecular weight excluding hydrogens is 364 g/mol. The van der Waals surface area contributed by atoms with Crippen LogP contribution < -0.4 is 0 Å². The first-order valence-corrected chi connectivity index (χ1v) is 12.1. The summed E-state index contributed by atoms with van der Waals surface area (Å²) in [7, 11) is 0. The van der Waals surface area contributed by atoms with Gasteiger partial charge in [-0.1, -0.05) is 27.7 Å². The van der Waals surface area contributed by atoms with Gasteiger partial charge >= 0.3 is 5.97 Å². The van der Waals surface area contributed by atoms with Gasteiger partial charge in [-0.2, -0.15) is 0 Å². The van der Waals surface area contributed by atoms with Crippen molar-refractivity contribution in [2.24, 2.45) is 45.8 Å². The number of carboxylic acids is 1. The Kier molecular flexibility index (Phi) is 5.38. The largest absolute Gasteiger partial charge is 0.481 e. The second kappa shape index (κ2) is 7.22. The maximum Gasteiger partial charge on any atom is 0.303 e. The minimum Gasteiger partial charge on any atom is -0.481 e. The van der Waals surface area contributed by atoms with Crippen LogP contribution >= 0.6 is 0 Å². The van der Waals surface area contributed by atoms with E-state index in [4.69, 9.17) is 0 Å². The van der Waals surface area contributed by atoms with Crippen molar-refractivity contribution >= 4 is 5.97 Å². The molecule has 0 saturated heterocycles. The highest BCUT2D eigenvalue weighted by atomic mass is 16.4. The number of fused-ring (bicyclic) bond motifs is 5. The van der Waals surface area contributed by atoms with E-state index in [1.54, 1.807) is 0 Å². The molecule has 10 atom stereocenters. The Morgan fingerprint density at radius 1 is 1.00 bits per heavy atom. The van der Waals surface area contributed by atoms with Crippen LogP contribution in [0.4, 0.5) is 0 Å².